The fraction of sp³-hybridized carbons (Fsp3) is 0.760. The van der Waals surface area contributed by atoms with E-state index < -0.39 is 6.10 Å². The van der Waals surface area contributed by atoms with E-state index in [1.54, 1.807) is 0 Å². The van der Waals surface area contributed by atoms with Crippen LogP contribution in [-0.2, 0) is 5.41 Å². The minimum atomic E-state index is -0.407. The van der Waals surface area contributed by atoms with Crippen LogP contribution >= 0.6 is 0 Å². The lowest BCUT2D eigenvalue weighted by Gasteiger charge is -2.38. The number of benzene rings is 1. The summed E-state index contributed by atoms with van der Waals surface area (Å²) < 4.78 is 6.98. The Labute approximate surface area is 173 Å². The number of ether oxygens (including phenoxy) is 1. The van der Waals surface area contributed by atoms with E-state index in [0.29, 0.717) is 12.0 Å². The quantitative estimate of drug-likeness (QED) is 0.590. The molecule has 1 atom stereocenters. The molecule has 1 fully saturated rings. The van der Waals surface area contributed by atoms with Crippen molar-refractivity contribution in [3.63, 3.8) is 0 Å². The van der Waals surface area contributed by atoms with E-state index >= 15 is 0 Å². The molecule has 1 aliphatic rings. The smallest absolute Gasteiger partial charge is 0.137 e. The summed E-state index contributed by atoms with van der Waals surface area (Å²) in [5.74, 6) is 0.855. The van der Waals surface area contributed by atoms with Crippen molar-refractivity contribution in [1.82, 2.24) is 0 Å². The highest BCUT2D eigenvalue weighted by molar-refractivity contribution is 5.31. The molecule has 0 radical (unpaired) electrons. The molecule has 3 heteroatoms. The van der Waals surface area contributed by atoms with Crippen LogP contribution in [0.25, 0.3) is 0 Å². The van der Waals surface area contributed by atoms with Gasteiger partial charge in [-0.1, -0.05) is 46.8 Å². The van der Waals surface area contributed by atoms with Gasteiger partial charge in [-0.25, -0.2) is 0 Å². The highest BCUT2D eigenvalue weighted by Gasteiger charge is 2.30. The molecule has 160 valence electrons. The molecule has 1 aliphatic heterocycles. The van der Waals surface area contributed by atoms with Gasteiger partial charge in [0.2, 0.25) is 0 Å². The maximum atomic E-state index is 10.6. The molecule has 0 spiro atoms. The van der Waals surface area contributed by atoms with Crippen LogP contribution in [0.4, 0.5) is 0 Å². The van der Waals surface area contributed by atoms with Gasteiger partial charge in [-0.2, -0.15) is 0 Å². The zero-order valence-corrected chi connectivity index (χ0v) is 19.3. The SMILES string of the molecule is CC[N+]1(C[C@H](O)COc2ccc(C(C)(C)CC(C)(C)C)cc2)CCCCCC1. The summed E-state index contributed by atoms with van der Waals surface area (Å²) in [5.41, 5.74) is 1.78. The Morgan fingerprint density at radius 2 is 1.54 bits per heavy atom. The lowest BCUT2D eigenvalue weighted by molar-refractivity contribution is -0.928. The third-order valence-electron chi connectivity index (χ3n) is 6.33. The first-order chi connectivity index (χ1) is 13.1. The summed E-state index contributed by atoms with van der Waals surface area (Å²) in [4.78, 5) is 0. The van der Waals surface area contributed by atoms with Crippen molar-refractivity contribution in [2.45, 2.75) is 85.2 Å². The largest absolute Gasteiger partial charge is 0.491 e. The Balaban J connectivity index is 1.90. The Bertz CT molecular complexity index is 578. The maximum absolute atomic E-state index is 10.6. The standard InChI is InChI=1S/C25H44NO2/c1-7-26(16-10-8-9-11-17-26)18-22(27)19-28-23-14-12-21(13-15-23)25(5,6)20-24(2,3)4/h12-15,22,27H,7-11,16-20H2,1-6H3/q+1/t22-/m0/s1. The minimum Gasteiger partial charge on any atom is -0.491 e. The van der Waals surface area contributed by atoms with Gasteiger partial charge in [-0.15, -0.1) is 0 Å². The summed E-state index contributed by atoms with van der Waals surface area (Å²) in [6, 6.07) is 8.48. The van der Waals surface area contributed by atoms with E-state index in [1.807, 2.05) is 0 Å². The van der Waals surface area contributed by atoms with Gasteiger partial charge >= 0.3 is 0 Å². The van der Waals surface area contributed by atoms with Crippen LogP contribution in [0.2, 0.25) is 0 Å². The number of aliphatic hydroxyl groups is 1. The van der Waals surface area contributed by atoms with Crippen molar-refractivity contribution in [1.29, 1.82) is 0 Å². The summed E-state index contributed by atoms with van der Waals surface area (Å²) in [6.07, 6.45) is 5.97. The van der Waals surface area contributed by atoms with Crippen LogP contribution in [0.3, 0.4) is 0 Å². The van der Waals surface area contributed by atoms with Gasteiger partial charge in [0.05, 0.1) is 19.6 Å². The van der Waals surface area contributed by atoms with E-state index in [0.717, 1.165) is 29.7 Å². The minimum absolute atomic E-state index is 0.140. The van der Waals surface area contributed by atoms with E-state index in [-0.39, 0.29) is 5.41 Å². The summed E-state index contributed by atoms with van der Waals surface area (Å²) in [5, 5.41) is 10.6. The fourth-order valence-electron chi connectivity index (χ4n) is 5.11. The molecule has 0 aliphatic carbocycles. The van der Waals surface area contributed by atoms with Crippen LogP contribution in [0.15, 0.2) is 24.3 Å². The molecule has 1 heterocycles. The topological polar surface area (TPSA) is 29.5 Å². The van der Waals surface area contributed by atoms with Crippen molar-refractivity contribution in [2.75, 3.05) is 32.8 Å². The number of likely N-dealkylation sites (N-methyl/N-ethyl adjacent to an activating group) is 1. The van der Waals surface area contributed by atoms with Crippen LogP contribution in [0, 0.1) is 5.41 Å². The Morgan fingerprint density at radius 1 is 0.964 bits per heavy atom. The lowest BCUT2D eigenvalue weighted by atomic mass is 9.72. The van der Waals surface area contributed by atoms with E-state index in [9.17, 15) is 5.11 Å². The first-order valence-electron chi connectivity index (χ1n) is 11.3. The molecule has 2 rings (SSSR count). The Kier molecular flexibility index (Phi) is 7.98. The molecule has 0 bridgehead atoms. The third kappa shape index (κ3) is 7.08. The zero-order valence-electron chi connectivity index (χ0n) is 19.3. The van der Waals surface area contributed by atoms with Gasteiger partial charge < -0.3 is 14.3 Å². The van der Waals surface area contributed by atoms with E-state index in [2.05, 4.69) is 65.8 Å². The zero-order chi connectivity index (χ0) is 20.8. The summed E-state index contributed by atoms with van der Waals surface area (Å²) >= 11 is 0. The van der Waals surface area contributed by atoms with Crippen molar-refractivity contribution in [3.8, 4) is 5.75 Å². The molecule has 0 amide bonds. The molecule has 0 saturated carbocycles. The van der Waals surface area contributed by atoms with E-state index in [1.165, 1.54) is 44.3 Å². The van der Waals surface area contributed by atoms with Gasteiger partial charge in [0.1, 0.15) is 25.0 Å². The van der Waals surface area contributed by atoms with Gasteiger partial charge in [-0.05, 0) is 67.6 Å². The number of nitrogens with zero attached hydrogens (tertiary/aromatic N) is 1. The second-order valence-corrected chi connectivity index (χ2v) is 10.8. The molecule has 1 saturated heterocycles. The maximum Gasteiger partial charge on any atom is 0.137 e. The van der Waals surface area contributed by atoms with Crippen LogP contribution < -0.4 is 4.74 Å². The molecule has 3 nitrogen and oxygen atoms in total. The third-order valence-corrected chi connectivity index (χ3v) is 6.33. The summed E-state index contributed by atoms with van der Waals surface area (Å²) in [6.45, 7) is 18.5. The van der Waals surface area contributed by atoms with Crippen molar-refractivity contribution in [3.05, 3.63) is 29.8 Å². The molecular weight excluding hydrogens is 346 g/mol. The fourth-order valence-corrected chi connectivity index (χ4v) is 5.11. The van der Waals surface area contributed by atoms with Gasteiger partial charge in [0, 0.05) is 0 Å². The monoisotopic (exact) mass is 390 g/mol. The number of hydrogen-bond donors (Lipinski definition) is 1. The number of rotatable bonds is 8. The molecule has 1 aromatic rings. The van der Waals surface area contributed by atoms with Crippen molar-refractivity contribution < 1.29 is 14.3 Å². The van der Waals surface area contributed by atoms with Gasteiger partial charge in [-0.3, -0.25) is 0 Å². The van der Waals surface area contributed by atoms with Gasteiger partial charge in [0.15, 0.2) is 0 Å². The number of likely N-dealkylation sites (tertiary alicyclic amines) is 1. The first kappa shape index (κ1) is 23.2. The van der Waals surface area contributed by atoms with Crippen LogP contribution in [0.5, 0.6) is 5.75 Å². The van der Waals surface area contributed by atoms with Gasteiger partial charge in [0.25, 0.3) is 0 Å². The molecule has 1 N–H and O–H groups in total. The molecular formula is C25H44NO2+. The lowest BCUT2D eigenvalue weighted by Crippen LogP contribution is -2.53. The first-order valence-corrected chi connectivity index (χ1v) is 11.3. The predicted molar refractivity (Wildman–Crippen MR) is 119 cm³/mol. The second-order valence-electron chi connectivity index (χ2n) is 10.8. The average molecular weight is 391 g/mol. The Morgan fingerprint density at radius 3 is 2.04 bits per heavy atom. The molecule has 0 aromatic heterocycles. The molecule has 0 unspecified atom stereocenters. The van der Waals surface area contributed by atoms with E-state index in [4.69, 9.17) is 4.74 Å². The number of aliphatic hydroxyl groups excluding tert-OH is 1. The Hall–Kier alpha value is -1.06. The van der Waals surface area contributed by atoms with Crippen molar-refractivity contribution in [2.24, 2.45) is 5.41 Å². The average Bonchev–Trinajstić information content (AvgIpc) is 2.84. The number of quaternary nitrogens is 1. The molecule has 28 heavy (non-hydrogen) atoms. The van der Waals surface area contributed by atoms with Crippen LogP contribution in [0.1, 0.15) is 79.2 Å². The highest BCUT2D eigenvalue weighted by atomic mass is 16.5. The van der Waals surface area contributed by atoms with Crippen LogP contribution in [-0.4, -0.2) is 48.5 Å². The van der Waals surface area contributed by atoms with Crippen molar-refractivity contribution >= 4 is 0 Å². The normalized spacial score (nSPS) is 19.1. The number of hydrogen-bond acceptors (Lipinski definition) is 2. The predicted octanol–water partition coefficient (Wildman–Crippen LogP) is 5.55. The summed E-state index contributed by atoms with van der Waals surface area (Å²) in [7, 11) is 0. The second kappa shape index (κ2) is 9.63. The molecule has 1 aromatic carbocycles. The highest BCUT2D eigenvalue weighted by Crippen LogP contribution is 2.36.